The molecule has 3 rings (SSSR count). The van der Waals surface area contributed by atoms with Crippen molar-refractivity contribution < 1.29 is 9.47 Å². The Labute approximate surface area is 144 Å². The van der Waals surface area contributed by atoms with Crippen LogP contribution in [0.15, 0.2) is 42.6 Å². The number of anilines is 2. The van der Waals surface area contributed by atoms with Gasteiger partial charge in [0.15, 0.2) is 0 Å². The molecule has 3 aromatic rings. The largest absolute Gasteiger partial charge is 0.497 e. The Bertz CT molecular complexity index is 951. The first-order valence-electron chi connectivity index (χ1n) is 7.13. The zero-order valence-corrected chi connectivity index (χ0v) is 13.9. The van der Waals surface area contributed by atoms with Crippen molar-refractivity contribution in [3.8, 4) is 17.6 Å². The predicted octanol–water partition coefficient (Wildman–Crippen LogP) is 4.52. The maximum Gasteiger partial charge on any atom is 0.142 e. The summed E-state index contributed by atoms with van der Waals surface area (Å²) < 4.78 is 10.6. The number of fused-ring (bicyclic) bond motifs is 1. The maximum absolute atomic E-state index is 9.43. The van der Waals surface area contributed by atoms with E-state index in [4.69, 9.17) is 21.1 Å². The fraction of sp³-hybridized carbons (Fsp3) is 0.111. The second kappa shape index (κ2) is 6.65. The molecule has 0 unspecified atom stereocenters. The van der Waals surface area contributed by atoms with E-state index in [9.17, 15) is 5.26 Å². The van der Waals surface area contributed by atoms with Gasteiger partial charge in [-0.15, -0.1) is 0 Å². The Morgan fingerprint density at radius 3 is 2.67 bits per heavy atom. The molecule has 24 heavy (non-hydrogen) atoms. The van der Waals surface area contributed by atoms with Crippen molar-refractivity contribution >= 4 is 33.9 Å². The number of nitriles is 1. The first-order valence-corrected chi connectivity index (χ1v) is 7.51. The van der Waals surface area contributed by atoms with E-state index >= 15 is 0 Å². The molecule has 0 bridgehead atoms. The second-order valence-electron chi connectivity index (χ2n) is 5.01. The van der Waals surface area contributed by atoms with Crippen molar-refractivity contribution in [2.45, 2.75) is 0 Å². The highest BCUT2D eigenvalue weighted by molar-refractivity contribution is 6.31. The lowest BCUT2D eigenvalue weighted by Gasteiger charge is -2.15. The van der Waals surface area contributed by atoms with E-state index in [1.54, 1.807) is 32.4 Å². The molecule has 0 amide bonds. The Morgan fingerprint density at radius 1 is 1.12 bits per heavy atom. The van der Waals surface area contributed by atoms with Gasteiger partial charge in [0.25, 0.3) is 0 Å². The number of pyridine rings is 1. The lowest BCUT2D eigenvalue weighted by molar-refractivity contribution is 0.415. The average molecular weight is 340 g/mol. The monoisotopic (exact) mass is 339 g/mol. The summed E-state index contributed by atoms with van der Waals surface area (Å²) in [6, 6.07) is 12.9. The van der Waals surface area contributed by atoms with Gasteiger partial charge < -0.3 is 14.8 Å². The van der Waals surface area contributed by atoms with Crippen molar-refractivity contribution in [3.63, 3.8) is 0 Å². The SMILES string of the molecule is COc1ccc2c(Nc3cc(Cl)ccc3OC)c(C#N)cnc2c1. The molecule has 0 saturated heterocycles. The van der Waals surface area contributed by atoms with Crippen LogP contribution in [0.25, 0.3) is 10.9 Å². The summed E-state index contributed by atoms with van der Waals surface area (Å²) >= 11 is 6.08. The van der Waals surface area contributed by atoms with Crippen LogP contribution in [0.4, 0.5) is 11.4 Å². The van der Waals surface area contributed by atoms with Crippen LogP contribution in [0.2, 0.25) is 5.02 Å². The quantitative estimate of drug-likeness (QED) is 0.756. The third-order valence-corrected chi connectivity index (χ3v) is 3.85. The van der Waals surface area contributed by atoms with Gasteiger partial charge in [0.1, 0.15) is 17.6 Å². The van der Waals surface area contributed by atoms with E-state index in [1.807, 2.05) is 18.2 Å². The molecular weight excluding hydrogens is 326 g/mol. The normalized spacial score (nSPS) is 10.2. The number of halogens is 1. The molecule has 120 valence electrons. The first-order chi connectivity index (χ1) is 11.7. The van der Waals surface area contributed by atoms with Crippen molar-refractivity contribution in [1.82, 2.24) is 4.98 Å². The van der Waals surface area contributed by atoms with Gasteiger partial charge in [0, 0.05) is 22.7 Å². The molecule has 1 N–H and O–H groups in total. The first kappa shape index (κ1) is 15.9. The molecule has 0 saturated carbocycles. The average Bonchev–Trinajstić information content (AvgIpc) is 2.61. The van der Waals surface area contributed by atoms with Gasteiger partial charge in [-0.3, -0.25) is 4.98 Å². The molecule has 6 heteroatoms. The third kappa shape index (κ3) is 2.92. The number of methoxy groups -OCH3 is 2. The number of benzene rings is 2. The Morgan fingerprint density at radius 2 is 1.96 bits per heavy atom. The topological polar surface area (TPSA) is 67.2 Å². The highest BCUT2D eigenvalue weighted by Crippen LogP contribution is 2.35. The number of rotatable bonds is 4. The summed E-state index contributed by atoms with van der Waals surface area (Å²) in [4.78, 5) is 4.32. The van der Waals surface area contributed by atoms with Crippen molar-refractivity contribution in [3.05, 3.63) is 53.2 Å². The molecule has 2 aromatic carbocycles. The number of nitrogens with one attached hydrogen (secondary N) is 1. The van der Waals surface area contributed by atoms with Gasteiger partial charge in [0.2, 0.25) is 0 Å². The Hall–Kier alpha value is -2.97. The molecule has 0 atom stereocenters. The van der Waals surface area contributed by atoms with Gasteiger partial charge in [-0.2, -0.15) is 5.26 Å². The zero-order chi connectivity index (χ0) is 17.1. The highest BCUT2D eigenvalue weighted by Gasteiger charge is 2.12. The second-order valence-corrected chi connectivity index (χ2v) is 5.45. The summed E-state index contributed by atoms with van der Waals surface area (Å²) in [7, 11) is 3.18. The van der Waals surface area contributed by atoms with E-state index in [2.05, 4.69) is 16.4 Å². The minimum atomic E-state index is 0.426. The van der Waals surface area contributed by atoms with Crippen LogP contribution in [0.1, 0.15) is 5.56 Å². The molecule has 0 spiro atoms. The fourth-order valence-corrected chi connectivity index (χ4v) is 2.60. The van der Waals surface area contributed by atoms with E-state index in [-0.39, 0.29) is 0 Å². The summed E-state index contributed by atoms with van der Waals surface area (Å²) in [5.41, 5.74) is 2.46. The van der Waals surface area contributed by atoms with Gasteiger partial charge in [-0.25, -0.2) is 0 Å². The molecule has 1 aromatic heterocycles. The van der Waals surface area contributed by atoms with Crippen LogP contribution < -0.4 is 14.8 Å². The van der Waals surface area contributed by atoms with Gasteiger partial charge in [0.05, 0.1) is 36.7 Å². The molecule has 0 aliphatic heterocycles. The Kier molecular flexibility index (Phi) is 4.41. The predicted molar refractivity (Wildman–Crippen MR) is 94.3 cm³/mol. The molecular formula is C18H14ClN3O2. The molecule has 0 fully saturated rings. The fourth-order valence-electron chi connectivity index (χ4n) is 2.43. The van der Waals surface area contributed by atoms with E-state index in [0.29, 0.717) is 33.5 Å². The number of ether oxygens (including phenoxy) is 2. The van der Waals surface area contributed by atoms with E-state index in [0.717, 1.165) is 10.9 Å². The minimum absolute atomic E-state index is 0.426. The summed E-state index contributed by atoms with van der Waals surface area (Å²) in [5.74, 6) is 1.33. The van der Waals surface area contributed by atoms with Crippen molar-refractivity contribution in [2.24, 2.45) is 0 Å². The smallest absolute Gasteiger partial charge is 0.142 e. The third-order valence-electron chi connectivity index (χ3n) is 3.62. The van der Waals surface area contributed by atoms with Gasteiger partial charge in [-0.1, -0.05) is 11.6 Å². The van der Waals surface area contributed by atoms with Crippen LogP contribution >= 0.6 is 11.6 Å². The number of hydrogen-bond donors (Lipinski definition) is 1. The lowest BCUT2D eigenvalue weighted by atomic mass is 10.1. The minimum Gasteiger partial charge on any atom is -0.497 e. The van der Waals surface area contributed by atoms with Crippen LogP contribution in [0, 0.1) is 11.3 Å². The molecule has 0 radical (unpaired) electrons. The van der Waals surface area contributed by atoms with E-state index < -0.39 is 0 Å². The molecule has 0 aliphatic rings. The van der Waals surface area contributed by atoms with Crippen molar-refractivity contribution in [1.29, 1.82) is 5.26 Å². The Balaban J connectivity index is 2.18. The standard InChI is InChI=1S/C18H14ClN3O2/c1-23-13-4-5-14-15(8-13)21-10-11(9-20)18(14)22-16-7-12(19)3-6-17(16)24-2/h3-8,10H,1-2H3,(H,21,22). The zero-order valence-electron chi connectivity index (χ0n) is 13.1. The van der Waals surface area contributed by atoms with E-state index in [1.165, 1.54) is 6.20 Å². The van der Waals surface area contributed by atoms with Gasteiger partial charge >= 0.3 is 0 Å². The summed E-state index contributed by atoms with van der Waals surface area (Å²) in [5, 5.41) is 14.0. The van der Waals surface area contributed by atoms with Crippen LogP contribution in [-0.2, 0) is 0 Å². The molecule has 1 heterocycles. The van der Waals surface area contributed by atoms with Crippen LogP contribution in [-0.4, -0.2) is 19.2 Å². The molecule has 5 nitrogen and oxygen atoms in total. The summed E-state index contributed by atoms with van der Waals surface area (Å²) in [6.45, 7) is 0. The number of nitrogens with zero attached hydrogens (tertiary/aromatic N) is 2. The highest BCUT2D eigenvalue weighted by atomic mass is 35.5. The van der Waals surface area contributed by atoms with Gasteiger partial charge in [-0.05, 0) is 30.3 Å². The summed E-state index contributed by atoms with van der Waals surface area (Å²) in [6.07, 6.45) is 1.53. The maximum atomic E-state index is 9.43. The molecule has 0 aliphatic carbocycles. The number of aromatic nitrogens is 1. The lowest BCUT2D eigenvalue weighted by Crippen LogP contribution is -1.99. The van der Waals surface area contributed by atoms with Crippen LogP contribution in [0.3, 0.4) is 0 Å². The van der Waals surface area contributed by atoms with Crippen molar-refractivity contribution in [2.75, 3.05) is 19.5 Å². The number of hydrogen-bond acceptors (Lipinski definition) is 5. The van der Waals surface area contributed by atoms with Crippen LogP contribution in [0.5, 0.6) is 11.5 Å².